The maximum absolute atomic E-state index is 11.6. The minimum Gasteiger partial charge on any atom is -0.497 e. The van der Waals surface area contributed by atoms with Crippen LogP contribution in [0.4, 0.5) is 5.69 Å². The van der Waals surface area contributed by atoms with Gasteiger partial charge in [-0.15, -0.1) is 0 Å². The number of methoxy groups -OCH3 is 1. The van der Waals surface area contributed by atoms with Crippen LogP contribution in [0.5, 0.6) is 5.75 Å². The second-order valence-electron chi connectivity index (χ2n) is 6.64. The van der Waals surface area contributed by atoms with E-state index in [1.165, 1.54) is 11.9 Å². The molecule has 1 saturated heterocycles. The molecule has 0 spiro atoms. The SMILES string of the molecule is COc1ccc(N2CCN([C@@H](CNS(C)(=O)=O)c3cccnc3)CC2)cc1. The molecule has 2 aromatic rings. The van der Waals surface area contributed by atoms with E-state index in [2.05, 4.69) is 31.6 Å². The molecular formula is C19H26N4O3S. The van der Waals surface area contributed by atoms with Gasteiger partial charge < -0.3 is 9.64 Å². The monoisotopic (exact) mass is 390 g/mol. The first-order valence-electron chi connectivity index (χ1n) is 8.94. The molecule has 7 nitrogen and oxygen atoms in total. The number of ether oxygens (including phenoxy) is 1. The van der Waals surface area contributed by atoms with E-state index in [0.717, 1.165) is 37.5 Å². The average molecular weight is 391 g/mol. The summed E-state index contributed by atoms with van der Waals surface area (Å²) in [4.78, 5) is 8.85. The van der Waals surface area contributed by atoms with Crippen molar-refractivity contribution in [3.63, 3.8) is 0 Å². The number of anilines is 1. The van der Waals surface area contributed by atoms with Crippen LogP contribution in [0.3, 0.4) is 0 Å². The van der Waals surface area contributed by atoms with Crippen LogP contribution in [0.2, 0.25) is 0 Å². The molecule has 0 radical (unpaired) electrons. The summed E-state index contributed by atoms with van der Waals surface area (Å²) in [6, 6.07) is 11.9. The molecule has 1 aromatic heterocycles. The van der Waals surface area contributed by atoms with Gasteiger partial charge in [-0.3, -0.25) is 9.88 Å². The van der Waals surface area contributed by atoms with E-state index in [-0.39, 0.29) is 6.04 Å². The molecule has 0 amide bonds. The number of nitrogens with one attached hydrogen (secondary N) is 1. The summed E-state index contributed by atoms with van der Waals surface area (Å²) in [5.41, 5.74) is 2.19. The molecule has 0 saturated carbocycles. The molecule has 0 unspecified atom stereocenters. The van der Waals surface area contributed by atoms with E-state index >= 15 is 0 Å². The number of sulfonamides is 1. The Morgan fingerprint density at radius 2 is 1.85 bits per heavy atom. The van der Waals surface area contributed by atoms with E-state index in [0.29, 0.717) is 6.54 Å². The lowest BCUT2D eigenvalue weighted by Gasteiger charge is -2.40. The highest BCUT2D eigenvalue weighted by Gasteiger charge is 2.26. The zero-order valence-electron chi connectivity index (χ0n) is 15.7. The Hall–Kier alpha value is -2.16. The van der Waals surface area contributed by atoms with Crippen molar-refractivity contribution in [3.8, 4) is 5.75 Å². The van der Waals surface area contributed by atoms with Crippen molar-refractivity contribution in [3.05, 3.63) is 54.4 Å². The first-order chi connectivity index (χ1) is 13.0. The van der Waals surface area contributed by atoms with Crippen molar-refractivity contribution in [1.29, 1.82) is 0 Å². The van der Waals surface area contributed by atoms with Crippen LogP contribution in [0.1, 0.15) is 11.6 Å². The Bertz CT molecular complexity index is 820. The van der Waals surface area contributed by atoms with Gasteiger partial charge >= 0.3 is 0 Å². The molecule has 1 aromatic carbocycles. The van der Waals surface area contributed by atoms with Gasteiger partial charge in [-0.05, 0) is 35.9 Å². The molecule has 1 aliphatic heterocycles. The quantitative estimate of drug-likeness (QED) is 0.772. The molecule has 1 N–H and O–H groups in total. The van der Waals surface area contributed by atoms with Gasteiger partial charge in [0, 0.05) is 56.8 Å². The number of nitrogens with zero attached hydrogens (tertiary/aromatic N) is 3. The highest BCUT2D eigenvalue weighted by atomic mass is 32.2. The average Bonchev–Trinajstić information content (AvgIpc) is 2.69. The van der Waals surface area contributed by atoms with Gasteiger partial charge in [-0.1, -0.05) is 6.07 Å². The van der Waals surface area contributed by atoms with Crippen LogP contribution in [0.15, 0.2) is 48.8 Å². The zero-order chi connectivity index (χ0) is 19.3. The van der Waals surface area contributed by atoms with Crippen LogP contribution in [-0.2, 0) is 10.0 Å². The van der Waals surface area contributed by atoms with E-state index in [1.54, 1.807) is 13.3 Å². The predicted molar refractivity (Wildman–Crippen MR) is 107 cm³/mol. The molecule has 3 rings (SSSR count). The Balaban J connectivity index is 1.68. The molecule has 0 bridgehead atoms. The smallest absolute Gasteiger partial charge is 0.208 e. The molecule has 1 fully saturated rings. The summed E-state index contributed by atoms with van der Waals surface area (Å²) in [6.07, 6.45) is 4.73. The molecule has 146 valence electrons. The van der Waals surface area contributed by atoms with E-state index in [4.69, 9.17) is 4.74 Å². The number of hydrogen-bond acceptors (Lipinski definition) is 6. The Morgan fingerprint density at radius 1 is 1.15 bits per heavy atom. The highest BCUT2D eigenvalue weighted by molar-refractivity contribution is 7.88. The lowest BCUT2D eigenvalue weighted by molar-refractivity contribution is 0.186. The van der Waals surface area contributed by atoms with Crippen LogP contribution >= 0.6 is 0 Å². The lowest BCUT2D eigenvalue weighted by Crippen LogP contribution is -2.49. The van der Waals surface area contributed by atoms with Crippen LogP contribution in [0, 0.1) is 0 Å². The summed E-state index contributed by atoms with van der Waals surface area (Å²) < 4.78 is 31.0. The minimum atomic E-state index is -3.25. The number of piperazine rings is 1. The summed E-state index contributed by atoms with van der Waals surface area (Å²) in [5, 5.41) is 0. The second kappa shape index (κ2) is 8.69. The van der Waals surface area contributed by atoms with Crippen molar-refractivity contribution >= 4 is 15.7 Å². The first kappa shape index (κ1) is 19.6. The molecule has 27 heavy (non-hydrogen) atoms. The van der Waals surface area contributed by atoms with Gasteiger partial charge in [0.1, 0.15) is 5.75 Å². The number of rotatable bonds is 7. The standard InChI is InChI=1S/C19H26N4O3S/c1-26-18-7-5-17(6-8-18)22-10-12-23(13-11-22)19(15-21-27(2,24)25)16-4-3-9-20-14-16/h3-9,14,19,21H,10-13,15H2,1-2H3/t19-/m0/s1. The molecule has 8 heteroatoms. The third kappa shape index (κ3) is 5.41. The van der Waals surface area contributed by atoms with Crippen molar-refractivity contribution in [1.82, 2.24) is 14.6 Å². The van der Waals surface area contributed by atoms with Crippen molar-refractivity contribution in [2.24, 2.45) is 0 Å². The third-order valence-corrected chi connectivity index (χ3v) is 5.49. The second-order valence-corrected chi connectivity index (χ2v) is 8.48. The van der Waals surface area contributed by atoms with E-state index in [9.17, 15) is 8.42 Å². The number of hydrogen-bond donors (Lipinski definition) is 1. The van der Waals surface area contributed by atoms with Crippen molar-refractivity contribution in [2.45, 2.75) is 6.04 Å². The van der Waals surface area contributed by atoms with E-state index < -0.39 is 10.0 Å². The fourth-order valence-corrected chi connectivity index (χ4v) is 3.81. The maximum Gasteiger partial charge on any atom is 0.208 e. The number of aromatic nitrogens is 1. The normalized spacial score (nSPS) is 16.9. The highest BCUT2D eigenvalue weighted by Crippen LogP contribution is 2.25. The van der Waals surface area contributed by atoms with Crippen LogP contribution in [-0.4, -0.2) is 64.4 Å². The number of pyridine rings is 1. The van der Waals surface area contributed by atoms with Gasteiger partial charge in [-0.2, -0.15) is 0 Å². The van der Waals surface area contributed by atoms with Crippen LogP contribution < -0.4 is 14.4 Å². The molecule has 2 heterocycles. The molecular weight excluding hydrogens is 364 g/mol. The van der Waals surface area contributed by atoms with Gasteiger partial charge in [0.25, 0.3) is 0 Å². The summed E-state index contributed by atoms with van der Waals surface area (Å²) >= 11 is 0. The van der Waals surface area contributed by atoms with Crippen molar-refractivity contribution in [2.75, 3.05) is 51.0 Å². The Kier molecular flexibility index (Phi) is 6.30. The Morgan fingerprint density at radius 3 is 2.41 bits per heavy atom. The first-order valence-corrected chi connectivity index (χ1v) is 10.8. The van der Waals surface area contributed by atoms with Crippen molar-refractivity contribution < 1.29 is 13.2 Å². The zero-order valence-corrected chi connectivity index (χ0v) is 16.5. The lowest BCUT2D eigenvalue weighted by atomic mass is 10.1. The largest absolute Gasteiger partial charge is 0.497 e. The summed E-state index contributed by atoms with van der Waals surface area (Å²) in [6.45, 7) is 3.78. The summed E-state index contributed by atoms with van der Waals surface area (Å²) in [7, 11) is -1.58. The summed E-state index contributed by atoms with van der Waals surface area (Å²) in [5.74, 6) is 0.848. The topological polar surface area (TPSA) is 74.8 Å². The predicted octanol–water partition coefficient (Wildman–Crippen LogP) is 1.50. The van der Waals surface area contributed by atoms with Gasteiger partial charge in [0.2, 0.25) is 10.0 Å². The van der Waals surface area contributed by atoms with Crippen LogP contribution in [0.25, 0.3) is 0 Å². The fourth-order valence-electron chi connectivity index (χ4n) is 3.35. The fraction of sp³-hybridized carbons (Fsp3) is 0.421. The molecule has 1 aliphatic rings. The molecule has 0 aliphatic carbocycles. The Labute approximate surface area is 161 Å². The van der Waals surface area contributed by atoms with E-state index in [1.807, 2.05) is 30.5 Å². The minimum absolute atomic E-state index is 0.0357. The third-order valence-electron chi connectivity index (χ3n) is 4.80. The van der Waals surface area contributed by atoms with Gasteiger partial charge in [0.15, 0.2) is 0 Å². The molecule has 1 atom stereocenters. The number of benzene rings is 1. The maximum atomic E-state index is 11.6. The van der Waals surface area contributed by atoms with Gasteiger partial charge in [-0.25, -0.2) is 13.1 Å². The van der Waals surface area contributed by atoms with Gasteiger partial charge in [0.05, 0.1) is 13.4 Å².